The van der Waals surface area contributed by atoms with Crippen molar-refractivity contribution in [3.05, 3.63) is 52.3 Å². The van der Waals surface area contributed by atoms with Crippen LogP contribution in [0, 0.1) is 10.1 Å². The molecule has 6 heteroatoms. The molecule has 0 amide bonds. The van der Waals surface area contributed by atoms with Gasteiger partial charge in [-0.25, -0.2) is 0 Å². The lowest BCUT2D eigenvalue weighted by Crippen LogP contribution is -2.08. The van der Waals surface area contributed by atoms with E-state index in [1.165, 1.54) is 13.2 Å². The number of hydrogen-bond acceptors (Lipinski definition) is 4. The minimum Gasteiger partial charge on any atom is -0.496 e. The van der Waals surface area contributed by atoms with Crippen LogP contribution in [0.15, 0.2) is 36.5 Å². The normalized spacial score (nSPS) is 10.4. The lowest BCUT2D eigenvalue weighted by molar-refractivity contribution is -0.384. The van der Waals surface area contributed by atoms with E-state index in [1.54, 1.807) is 12.1 Å². The third kappa shape index (κ3) is 3.53. The molecule has 0 fully saturated rings. The van der Waals surface area contributed by atoms with Crippen molar-refractivity contribution in [3.63, 3.8) is 0 Å². The second-order valence-corrected chi connectivity index (χ2v) is 4.69. The van der Waals surface area contributed by atoms with Crippen LogP contribution in [0.25, 0.3) is 0 Å². The van der Waals surface area contributed by atoms with Gasteiger partial charge in [0.15, 0.2) is 0 Å². The second-order valence-electron chi connectivity index (χ2n) is 4.69. The van der Waals surface area contributed by atoms with E-state index >= 15 is 0 Å². The first kappa shape index (κ1) is 14.9. The summed E-state index contributed by atoms with van der Waals surface area (Å²) in [7, 11) is 1.49. The van der Waals surface area contributed by atoms with Gasteiger partial charge in [0, 0.05) is 18.4 Å². The standard InChI is InChI=1S/C15H19N3O3/c1-3-8-17-9-4-5-12(17)11-16-14-7-6-13(21-2)10-15(14)18(19)20/h4-7,9-10,16H,3,8,11H2,1-2H3. The Morgan fingerprint density at radius 3 is 2.86 bits per heavy atom. The van der Waals surface area contributed by atoms with Crippen molar-refractivity contribution in [2.24, 2.45) is 0 Å². The Balaban J connectivity index is 2.15. The molecule has 0 radical (unpaired) electrons. The van der Waals surface area contributed by atoms with E-state index < -0.39 is 4.92 Å². The highest BCUT2D eigenvalue weighted by Crippen LogP contribution is 2.29. The van der Waals surface area contributed by atoms with Gasteiger partial charge in [-0.1, -0.05) is 6.92 Å². The minimum atomic E-state index is -0.407. The number of nitrogens with one attached hydrogen (secondary N) is 1. The van der Waals surface area contributed by atoms with Crippen LogP contribution in [0.5, 0.6) is 5.75 Å². The number of anilines is 1. The number of nitrogens with zero attached hydrogens (tertiary/aromatic N) is 2. The molecule has 1 N–H and O–H groups in total. The summed E-state index contributed by atoms with van der Waals surface area (Å²) >= 11 is 0. The van der Waals surface area contributed by atoms with Crippen molar-refractivity contribution in [1.82, 2.24) is 4.57 Å². The molecule has 2 rings (SSSR count). The van der Waals surface area contributed by atoms with Gasteiger partial charge in [0.25, 0.3) is 5.69 Å². The summed E-state index contributed by atoms with van der Waals surface area (Å²) in [6, 6.07) is 8.80. The van der Waals surface area contributed by atoms with Gasteiger partial charge in [-0.15, -0.1) is 0 Å². The van der Waals surface area contributed by atoms with Crippen molar-refractivity contribution in [3.8, 4) is 5.75 Å². The fraction of sp³-hybridized carbons (Fsp3) is 0.333. The van der Waals surface area contributed by atoms with Crippen molar-refractivity contribution < 1.29 is 9.66 Å². The Hall–Kier alpha value is -2.50. The molecule has 0 aliphatic heterocycles. The van der Waals surface area contributed by atoms with E-state index in [0.29, 0.717) is 18.0 Å². The van der Waals surface area contributed by atoms with Crippen LogP contribution < -0.4 is 10.1 Å². The van der Waals surface area contributed by atoms with E-state index in [1.807, 2.05) is 18.3 Å². The predicted octanol–water partition coefficient (Wildman–Crippen LogP) is 3.43. The van der Waals surface area contributed by atoms with Gasteiger partial charge in [0.1, 0.15) is 11.4 Å². The van der Waals surface area contributed by atoms with E-state index in [9.17, 15) is 10.1 Å². The van der Waals surface area contributed by atoms with Crippen LogP contribution in [0.1, 0.15) is 19.0 Å². The average Bonchev–Trinajstić information content (AvgIpc) is 2.92. The van der Waals surface area contributed by atoms with Crippen LogP contribution >= 0.6 is 0 Å². The van der Waals surface area contributed by atoms with Crippen molar-refractivity contribution >= 4 is 11.4 Å². The number of aromatic nitrogens is 1. The number of nitro groups is 1. The smallest absolute Gasteiger partial charge is 0.296 e. The van der Waals surface area contributed by atoms with Crippen LogP contribution in [-0.4, -0.2) is 16.6 Å². The maximum Gasteiger partial charge on any atom is 0.296 e. The number of nitro benzene ring substituents is 1. The van der Waals surface area contributed by atoms with Crippen LogP contribution in [0.3, 0.4) is 0 Å². The third-order valence-electron chi connectivity index (χ3n) is 3.25. The quantitative estimate of drug-likeness (QED) is 0.626. The lowest BCUT2D eigenvalue weighted by atomic mass is 10.2. The SMILES string of the molecule is CCCn1cccc1CNc1ccc(OC)cc1[N+](=O)[O-]. The summed E-state index contributed by atoms with van der Waals surface area (Å²) in [5.74, 6) is 0.474. The second kappa shape index (κ2) is 6.78. The molecule has 6 nitrogen and oxygen atoms in total. The molecule has 0 aliphatic rings. The lowest BCUT2D eigenvalue weighted by Gasteiger charge is -2.11. The first-order valence-electron chi connectivity index (χ1n) is 6.86. The third-order valence-corrected chi connectivity index (χ3v) is 3.25. The molecule has 1 heterocycles. The van der Waals surface area contributed by atoms with Crippen molar-refractivity contribution in [2.45, 2.75) is 26.4 Å². The maximum atomic E-state index is 11.1. The minimum absolute atomic E-state index is 0.0166. The van der Waals surface area contributed by atoms with Gasteiger partial charge in [-0.3, -0.25) is 10.1 Å². The zero-order valence-electron chi connectivity index (χ0n) is 12.2. The zero-order chi connectivity index (χ0) is 15.2. The van der Waals surface area contributed by atoms with Crippen LogP contribution in [-0.2, 0) is 13.1 Å². The number of hydrogen-bond donors (Lipinski definition) is 1. The Labute approximate surface area is 123 Å². The highest BCUT2D eigenvalue weighted by Gasteiger charge is 2.15. The monoisotopic (exact) mass is 289 g/mol. The maximum absolute atomic E-state index is 11.1. The molecule has 0 spiro atoms. The molecule has 0 atom stereocenters. The predicted molar refractivity (Wildman–Crippen MR) is 81.7 cm³/mol. The van der Waals surface area contributed by atoms with Crippen LogP contribution in [0.2, 0.25) is 0 Å². The molecular weight excluding hydrogens is 270 g/mol. The van der Waals surface area contributed by atoms with Gasteiger partial charge in [0.2, 0.25) is 0 Å². The van der Waals surface area contributed by atoms with Gasteiger partial charge >= 0.3 is 0 Å². The summed E-state index contributed by atoms with van der Waals surface area (Å²) < 4.78 is 7.17. The molecule has 1 aromatic carbocycles. The number of ether oxygens (including phenoxy) is 1. The summed E-state index contributed by atoms with van der Waals surface area (Å²) in [6.45, 7) is 3.60. The van der Waals surface area contributed by atoms with Crippen molar-refractivity contribution in [2.75, 3.05) is 12.4 Å². The number of aryl methyl sites for hydroxylation is 1. The first-order valence-corrected chi connectivity index (χ1v) is 6.86. The molecule has 0 aliphatic carbocycles. The molecule has 21 heavy (non-hydrogen) atoms. The molecule has 0 saturated heterocycles. The summed E-state index contributed by atoms with van der Waals surface area (Å²) in [5, 5.41) is 14.3. The zero-order valence-corrected chi connectivity index (χ0v) is 12.2. The highest BCUT2D eigenvalue weighted by molar-refractivity contribution is 5.63. The van der Waals surface area contributed by atoms with E-state index in [2.05, 4.69) is 16.8 Å². The Bertz CT molecular complexity index is 622. The largest absolute Gasteiger partial charge is 0.496 e. The van der Waals surface area contributed by atoms with E-state index in [4.69, 9.17) is 4.74 Å². The molecule has 0 bridgehead atoms. The van der Waals surface area contributed by atoms with Gasteiger partial charge in [-0.2, -0.15) is 0 Å². The van der Waals surface area contributed by atoms with Gasteiger partial charge in [-0.05, 0) is 30.7 Å². The molecule has 0 saturated carbocycles. The van der Waals surface area contributed by atoms with E-state index in [-0.39, 0.29) is 5.69 Å². The summed E-state index contributed by atoms with van der Waals surface area (Å²) in [5.41, 5.74) is 1.61. The first-order chi connectivity index (χ1) is 10.2. The van der Waals surface area contributed by atoms with Crippen LogP contribution in [0.4, 0.5) is 11.4 Å². The van der Waals surface area contributed by atoms with Gasteiger partial charge in [0.05, 0.1) is 24.6 Å². The fourth-order valence-electron chi connectivity index (χ4n) is 2.19. The number of rotatable bonds is 7. The van der Waals surface area contributed by atoms with Crippen molar-refractivity contribution in [1.29, 1.82) is 0 Å². The van der Waals surface area contributed by atoms with Gasteiger partial charge < -0.3 is 14.6 Å². The number of benzene rings is 1. The molecule has 2 aromatic rings. The Morgan fingerprint density at radius 2 is 2.19 bits per heavy atom. The molecule has 1 aromatic heterocycles. The van der Waals surface area contributed by atoms with E-state index in [0.717, 1.165) is 18.7 Å². The Morgan fingerprint density at radius 1 is 1.38 bits per heavy atom. The highest BCUT2D eigenvalue weighted by atomic mass is 16.6. The molecular formula is C15H19N3O3. The molecule has 0 unspecified atom stereocenters. The number of methoxy groups -OCH3 is 1. The summed E-state index contributed by atoms with van der Waals surface area (Å²) in [4.78, 5) is 10.7. The fourth-order valence-corrected chi connectivity index (χ4v) is 2.19. The average molecular weight is 289 g/mol. The molecule has 112 valence electrons. The summed E-state index contributed by atoms with van der Waals surface area (Å²) in [6.07, 6.45) is 3.06. The topological polar surface area (TPSA) is 69.3 Å². The Kier molecular flexibility index (Phi) is 4.81.